The molecular weight excluding hydrogens is 214 g/mol. The maximum Gasteiger partial charge on any atom is 0.130 e. The van der Waals surface area contributed by atoms with Crippen molar-refractivity contribution in [2.45, 2.75) is 19.6 Å². The second-order valence-corrected chi connectivity index (χ2v) is 3.82. The number of ether oxygens (including phenoxy) is 1. The molecule has 1 heterocycles. The summed E-state index contributed by atoms with van der Waals surface area (Å²) in [4.78, 5) is 4.18. The van der Waals surface area contributed by atoms with E-state index < -0.39 is 6.10 Å². The number of rotatable bonds is 4. The molecule has 2 rings (SSSR count). The number of hydrogen-bond acceptors (Lipinski definition) is 3. The van der Waals surface area contributed by atoms with E-state index in [-0.39, 0.29) is 0 Å². The number of benzene rings is 1. The average Bonchev–Trinajstić information content (AvgIpc) is 2.38. The molecule has 3 nitrogen and oxygen atoms in total. The highest BCUT2D eigenvalue weighted by atomic mass is 16.5. The number of nitrogens with zero attached hydrogens (tertiary/aromatic N) is 1. The average molecular weight is 229 g/mol. The van der Waals surface area contributed by atoms with Crippen molar-refractivity contribution in [3.05, 3.63) is 59.9 Å². The molecule has 1 N–H and O–H groups in total. The molecular formula is C14H15NO2. The van der Waals surface area contributed by atoms with Crippen LogP contribution >= 0.6 is 0 Å². The van der Waals surface area contributed by atoms with Gasteiger partial charge in [-0.25, -0.2) is 0 Å². The molecule has 0 saturated carbocycles. The van der Waals surface area contributed by atoms with Crippen molar-refractivity contribution in [3.63, 3.8) is 0 Å². The molecule has 0 amide bonds. The van der Waals surface area contributed by atoms with Crippen LogP contribution in [0, 0.1) is 0 Å². The van der Waals surface area contributed by atoms with E-state index in [0.717, 1.165) is 11.3 Å². The molecule has 1 aromatic heterocycles. The maximum atomic E-state index is 9.61. The van der Waals surface area contributed by atoms with Crippen molar-refractivity contribution in [3.8, 4) is 5.75 Å². The number of aliphatic hydroxyl groups excluding tert-OH is 1. The van der Waals surface area contributed by atoms with Crippen LogP contribution in [0.4, 0.5) is 0 Å². The Balaban J connectivity index is 2.09. The molecule has 0 aliphatic heterocycles. The van der Waals surface area contributed by atoms with Gasteiger partial charge in [0, 0.05) is 11.8 Å². The highest BCUT2D eigenvalue weighted by molar-refractivity contribution is 5.34. The SMILES string of the molecule is C[C@@H](O)c1ccccc1OCc1ccccn1. The van der Waals surface area contributed by atoms with Crippen LogP contribution in [0.5, 0.6) is 5.75 Å². The van der Waals surface area contributed by atoms with Crippen LogP contribution in [0.2, 0.25) is 0 Å². The van der Waals surface area contributed by atoms with Gasteiger partial charge >= 0.3 is 0 Å². The molecule has 0 saturated heterocycles. The van der Waals surface area contributed by atoms with Crippen molar-refractivity contribution in [1.29, 1.82) is 0 Å². The molecule has 0 unspecified atom stereocenters. The summed E-state index contributed by atoms with van der Waals surface area (Å²) < 4.78 is 5.66. The lowest BCUT2D eigenvalue weighted by molar-refractivity contribution is 0.190. The van der Waals surface area contributed by atoms with Crippen LogP contribution in [0.15, 0.2) is 48.7 Å². The summed E-state index contributed by atoms with van der Waals surface area (Å²) in [5.74, 6) is 0.702. The first-order chi connectivity index (χ1) is 8.27. The first-order valence-corrected chi connectivity index (χ1v) is 5.57. The summed E-state index contributed by atoms with van der Waals surface area (Å²) >= 11 is 0. The van der Waals surface area contributed by atoms with Gasteiger partial charge in [-0.15, -0.1) is 0 Å². The van der Waals surface area contributed by atoms with E-state index in [1.54, 1.807) is 13.1 Å². The first-order valence-electron chi connectivity index (χ1n) is 5.57. The molecule has 1 aromatic carbocycles. The highest BCUT2D eigenvalue weighted by Crippen LogP contribution is 2.25. The fourth-order valence-corrected chi connectivity index (χ4v) is 1.59. The third kappa shape index (κ3) is 3.04. The number of hydrogen-bond donors (Lipinski definition) is 1. The lowest BCUT2D eigenvalue weighted by Gasteiger charge is -2.12. The molecule has 0 bridgehead atoms. The van der Waals surface area contributed by atoms with E-state index in [2.05, 4.69) is 4.98 Å². The van der Waals surface area contributed by atoms with Crippen LogP contribution in [-0.4, -0.2) is 10.1 Å². The van der Waals surface area contributed by atoms with Gasteiger partial charge in [-0.1, -0.05) is 24.3 Å². The number of aromatic nitrogens is 1. The van der Waals surface area contributed by atoms with Gasteiger partial charge in [-0.3, -0.25) is 4.98 Å². The zero-order valence-corrected chi connectivity index (χ0v) is 9.71. The van der Waals surface area contributed by atoms with E-state index in [0.29, 0.717) is 12.4 Å². The molecule has 0 aliphatic rings. The normalized spacial score (nSPS) is 12.1. The fourth-order valence-electron chi connectivity index (χ4n) is 1.59. The molecule has 0 fully saturated rings. The number of pyridine rings is 1. The highest BCUT2D eigenvalue weighted by Gasteiger charge is 2.08. The van der Waals surface area contributed by atoms with E-state index in [4.69, 9.17) is 4.74 Å². The third-order valence-corrected chi connectivity index (χ3v) is 2.47. The standard InChI is InChI=1S/C14H15NO2/c1-11(16)13-7-2-3-8-14(13)17-10-12-6-4-5-9-15-12/h2-9,11,16H,10H2,1H3/t11-/m1/s1. The van der Waals surface area contributed by atoms with Gasteiger partial charge < -0.3 is 9.84 Å². The Labute approximate surface area is 101 Å². The van der Waals surface area contributed by atoms with Crippen molar-refractivity contribution in [2.24, 2.45) is 0 Å². The summed E-state index contributed by atoms with van der Waals surface area (Å²) in [5.41, 5.74) is 1.66. The van der Waals surface area contributed by atoms with Gasteiger partial charge in [-0.05, 0) is 25.1 Å². The monoisotopic (exact) mass is 229 g/mol. The summed E-state index contributed by atoms with van der Waals surface area (Å²) in [6, 6.07) is 13.2. The quantitative estimate of drug-likeness (QED) is 0.876. The molecule has 1 atom stereocenters. The van der Waals surface area contributed by atoms with Crippen LogP contribution in [-0.2, 0) is 6.61 Å². The number of para-hydroxylation sites is 1. The second-order valence-electron chi connectivity index (χ2n) is 3.82. The van der Waals surface area contributed by atoms with Crippen molar-refractivity contribution >= 4 is 0 Å². The molecule has 17 heavy (non-hydrogen) atoms. The molecule has 0 radical (unpaired) electrons. The maximum absolute atomic E-state index is 9.61. The Morgan fingerprint density at radius 3 is 2.65 bits per heavy atom. The van der Waals surface area contributed by atoms with Crippen LogP contribution < -0.4 is 4.74 Å². The first kappa shape index (κ1) is 11.6. The van der Waals surface area contributed by atoms with Crippen molar-refractivity contribution in [2.75, 3.05) is 0 Å². The smallest absolute Gasteiger partial charge is 0.130 e. The predicted octanol–water partition coefficient (Wildman–Crippen LogP) is 2.71. The van der Waals surface area contributed by atoms with Gasteiger partial charge in [-0.2, -0.15) is 0 Å². The summed E-state index contributed by atoms with van der Waals surface area (Å²) in [7, 11) is 0. The Hall–Kier alpha value is -1.87. The lowest BCUT2D eigenvalue weighted by Crippen LogP contribution is -2.01. The molecule has 3 heteroatoms. The van der Waals surface area contributed by atoms with E-state index in [1.807, 2.05) is 42.5 Å². The van der Waals surface area contributed by atoms with E-state index in [1.165, 1.54) is 0 Å². The van der Waals surface area contributed by atoms with Gasteiger partial charge in [0.25, 0.3) is 0 Å². The van der Waals surface area contributed by atoms with E-state index in [9.17, 15) is 5.11 Å². The van der Waals surface area contributed by atoms with Crippen LogP contribution in [0.3, 0.4) is 0 Å². The Morgan fingerprint density at radius 2 is 1.94 bits per heavy atom. The molecule has 2 aromatic rings. The van der Waals surface area contributed by atoms with Crippen LogP contribution in [0.1, 0.15) is 24.3 Å². The largest absolute Gasteiger partial charge is 0.487 e. The minimum atomic E-state index is -0.532. The summed E-state index contributed by atoms with van der Waals surface area (Å²) in [5, 5.41) is 9.61. The Kier molecular flexibility index (Phi) is 3.73. The molecule has 0 aliphatic carbocycles. The zero-order chi connectivity index (χ0) is 12.1. The minimum Gasteiger partial charge on any atom is -0.487 e. The van der Waals surface area contributed by atoms with Crippen molar-refractivity contribution in [1.82, 2.24) is 4.98 Å². The summed E-state index contributed by atoms with van der Waals surface area (Å²) in [6.45, 7) is 2.13. The van der Waals surface area contributed by atoms with Crippen molar-refractivity contribution < 1.29 is 9.84 Å². The predicted molar refractivity (Wildman–Crippen MR) is 65.6 cm³/mol. The van der Waals surface area contributed by atoms with Gasteiger partial charge in [0.1, 0.15) is 12.4 Å². The lowest BCUT2D eigenvalue weighted by atomic mass is 10.1. The fraction of sp³-hybridized carbons (Fsp3) is 0.214. The second kappa shape index (κ2) is 5.46. The third-order valence-electron chi connectivity index (χ3n) is 2.47. The number of aliphatic hydroxyl groups is 1. The van der Waals surface area contributed by atoms with Gasteiger partial charge in [0.05, 0.1) is 11.8 Å². The Morgan fingerprint density at radius 1 is 1.18 bits per heavy atom. The Bertz CT molecular complexity index is 469. The summed E-state index contributed by atoms with van der Waals surface area (Å²) in [6.07, 6.45) is 1.20. The molecule has 88 valence electrons. The van der Waals surface area contributed by atoms with Gasteiger partial charge in [0.2, 0.25) is 0 Å². The topological polar surface area (TPSA) is 42.4 Å². The van der Waals surface area contributed by atoms with E-state index >= 15 is 0 Å². The zero-order valence-electron chi connectivity index (χ0n) is 9.71. The van der Waals surface area contributed by atoms with Gasteiger partial charge in [0.15, 0.2) is 0 Å². The minimum absolute atomic E-state index is 0.407. The molecule has 0 spiro atoms. The van der Waals surface area contributed by atoms with Crippen LogP contribution in [0.25, 0.3) is 0 Å².